The first-order valence-corrected chi connectivity index (χ1v) is 14.3. The molecule has 1 saturated heterocycles. The number of carboxylic acids is 1. The van der Waals surface area contributed by atoms with Gasteiger partial charge in [0.2, 0.25) is 16.8 Å². The van der Waals surface area contributed by atoms with E-state index < -0.39 is 21.9 Å². The van der Waals surface area contributed by atoms with Crippen molar-refractivity contribution >= 4 is 16.0 Å². The number of benzene rings is 1. The van der Waals surface area contributed by atoms with Crippen LogP contribution in [-0.2, 0) is 14.8 Å². The van der Waals surface area contributed by atoms with E-state index in [1.54, 1.807) is 4.31 Å². The lowest BCUT2D eigenvalue weighted by Gasteiger charge is -2.29. The van der Waals surface area contributed by atoms with Crippen LogP contribution in [0.5, 0.6) is 11.5 Å². The molecule has 2 aliphatic rings. The highest BCUT2D eigenvalue weighted by Gasteiger charge is 2.46. The fraction of sp³-hybridized carbons (Fsp3) is 0.720. The molecule has 2 aliphatic heterocycles. The van der Waals surface area contributed by atoms with Crippen molar-refractivity contribution in [3.05, 3.63) is 23.8 Å². The van der Waals surface area contributed by atoms with Gasteiger partial charge in [-0.15, -0.1) is 0 Å². The smallest absolute Gasteiger partial charge is 0.308 e. The SMILES string of the molecule is CCCCCC1C(C(=O)O)C(c2ccc3c(c2)OCO3)CN1CCN(CCC)S(=O)(=O)CCC. The number of carbonyl (C=O) groups is 1. The zero-order valence-electron chi connectivity index (χ0n) is 20.7. The Hall–Kier alpha value is -1.84. The molecule has 0 aromatic heterocycles. The van der Waals surface area contributed by atoms with Gasteiger partial charge in [-0.05, 0) is 37.0 Å². The minimum Gasteiger partial charge on any atom is -0.481 e. The molecule has 0 saturated carbocycles. The molecular formula is C25H40N2O6S. The van der Waals surface area contributed by atoms with Gasteiger partial charge in [0.15, 0.2) is 11.5 Å². The van der Waals surface area contributed by atoms with Gasteiger partial charge in [0, 0.05) is 38.1 Å². The van der Waals surface area contributed by atoms with Gasteiger partial charge in [0.25, 0.3) is 0 Å². The van der Waals surface area contributed by atoms with Crippen LogP contribution >= 0.6 is 0 Å². The number of nitrogens with zero attached hydrogens (tertiary/aromatic N) is 2. The molecule has 3 atom stereocenters. The van der Waals surface area contributed by atoms with E-state index in [-0.39, 0.29) is 24.5 Å². The first-order chi connectivity index (χ1) is 16.3. The standard InChI is InChI=1S/C25H40N2O6S/c1-4-7-8-9-21-24(25(28)29)20(19-10-11-22-23(16-19)33-18-32-22)17-26(21)13-14-27(12-5-2)34(30,31)15-6-3/h10-11,16,20-21,24H,4-9,12-15,17-18H2,1-3H3,(H,28,29). The third-order valence-electron chi connectivity index (χ3n) is 6.93. The number of hydrogen-bond acceptors (Lipinski definition) is 6. The van der Waals surface area contributed by atoms with Crippen molar-refractivity contribution in [2.45, 2.75) is 71.3 Å². The average molecular weight is 497 g/mol. The maximum absolute atomic E-state index is 12.8. The number of fused-ring (bicyclic) bond motifs is 1. The van der Waals surface area contributed by atoms with Gasteiger partial charge in [0.05, 0.1) is 11.7 Å². The summed E-state index contributed by atoms with van der Waals surface area (Å²) >= 11 is 0. The molecule has 3 unspecified atom stereocenters. The van der Waals surface area contributed by atoms with Crippen molar-refractivity contribution in [3.8, 4) is 11.5 Å². The molecule has 0 spiro atoms. The number of likely N-dealkylation sites (tertiary alicyclic amines) is 1. The molecule has 1 aromatic carbocycles. The van der Waals surface area contributed by atoms with Crippen molar-refractivity contribution in [2.24, 2.45) is 5.92 Å². The fourth-order valence-electron chi connectivity index (χ4n) is 5.28. The zero-order chi connectivity index (χ0) is 24.7. The summed E-state index contributed by atoms with van der Waals surface area (Å²) < 4.78 is 38.1. The van der Waals surface area contributed by atoms with Crippen LogP contribution in [0.1, 0.15) is 70.8 Å². The zero-order valence-corrected chi connectivity index (χ0v) is 21.6. The van der Waals surface area contributed by atoms with E-state index in [0.717, 1.165) is 37.7 Å². The average Bonchev–Trinajstić information content (AvgIpc) is 3.40. The number of ether oxygens (including phenoxy) is 2. The summed E-state index contributed by atoms with van der Waals surface area (Å²) in [7, 11) is -3.31. The number of hydrogen-bond donors (Lipinski definition) is 1. The van der Waals surface area contributed by atoms with Gasteiger partial charge in [-0.2, -0.15) is 0 Å². The second-order valence-corrected chi connectivity index (χ2v) is 11.4. The van der Waals surface area contributed by atoms with E-state index in [2.05, 4.69) is 11.8 Å². The first kappa shape index (κ1) is 26.8. The molecule has 192 valence electrons. The summed E-state index contributed by atoms with van der Waals surface area (Å²) in [6, 6.07) is 5.57. The summed E-state index contributed by atoms with van der Waals surface area (Å²) in [5, 5.41) is 10.3. The maximum Gasteiger partial charge on any atom is 0.308 e. The number of unbranched alkanes of at least 4 members (excludes halogenated alkanes) is 2. The van der Waals surface area contributed by atoms with E-state index in [9.17, 15) is 18.3 Å². The minimum atomic E-state index is -3.31. The van der Waals surface area contributed by atoms with Gasteiger partial charge in [-0.25, -0.2) is 12.7 Å². The summed E-state index contributed by atoms with van der Waals surface area (Å²) in [5.74, 6) is -0.0566. The second kappa shape index (κ2) is 12.2. The lowest BCUT2D eigenvalue weighted by molar-refractivity contribution is -0.143. The van der Waals surface area contributed by atoms with Gasteiger partial charge < -0.3 is 14.6 Å². The molecule has 1 fully saturated rings. The Morgan fingerprint density at radius 1 is 1.09 bits per heavy atom. The van der Waals surface area contributed by atoms with E-state index in [0.29, 0.717) is 44.1 Å². The Bertz CT molecular complexity index is 922. The largest absolute Gasteiger partial charge is 0.481 e. The van der Waals surface area contributed by atoms with E-state index in [1.165, 1.54) is 0 Å². The minimum absolute atomic E-state index is 0.128. The lowest BCUT2D eigenvalue weighted by Crippen LogP contribution is -2.43. The Morgan fingerprint density at radius 2 is 1.85 bits per heavy atom. The highest BCUT2D eigenvalue weighted by molar-refractivity contribution is 7.89. The van der Waals surface area contributed by atoms with Crippen LogP contribution in [0.15, 0.2) is 18.2 Å². The third kappa shape index (κ3) is 6.23. The molecular weight excluding hydrogens is 456 g/mol. The summed E-state index contributed by atoms with van der Waals surface area (Å²) in [5.41, 5.74) is 0.934. The quantitative estimate of drug-likeness (QED) is 0.390. The fourth-order valence-corrected chi connectivity index (χ4v) is 6.87. The van der Waals surface area contributed by atoms with Crippen molar-refractivity contribution < 1.29 is 27.8 Å². The Kier molecular flexibility index (Phi) is 9.62. The number of sulfonamides is 1. The van der Waals surface area contributed by atoms with Gasteiger partial charge in [-0.3, -0.25) is 9.69 Å². The highest BCUT2D eigenvalue weighted by atomic mass is 32.2. The number of aliphatic carboxylic acids is 1. The summed E-state index contributed by atoms with van der Waals surface area (Å²) in [4.78, 5) is 14.7. The Morgan fingerprint density at radius 3 is 2.53 bits per heavy atom. The van der Waals surface area contributed by atoms with E-state index in [4.69, 9.17) is 9.47 Å². The first-order valence-electron chi connectivity index (χ1n) is 12.7. The molecule has 0 amide bonds. The number of carboxylic acid groups (broad SMARTS) is 1. The monoisotopic (exact) mass is 496 g/mol. The van der Waals surface area contributed by atoms with Crippen molar-refractivity contribution in [1.29, 1.82) is 0 Å². The van der Waals surface area contributed by atoms with Crippen LogP contribution in [0.4, 0.5) is 0 Å². The van der Waals surface area contributed by atoms with E-state index in [1.807, 2.05) is 32.0 Å². The van der Waals surface area contributed by atoms with Crippen molar-refractivity contribution in [2.75, 3.05) is 38.7 Å². The molecule has 0 radical (unpaired) electrons. The van der Waals surface area contributed by atoms with Crippen LogP contribution in [0.2, 0.25) is 0 Å². The summed E-state index contributed by atoms with van der Waals surface area (Å²) in [6.07, 6.45) is 5.21. The predicted molar refractivity (Wildman–Crippen MR) is 132 cm³/mol. The molecule has 8 nitrogen and oxygen atoms in total. The van der Waals surface area contributed by atoms with Crippen LogP contribution in [0, 0.1) is 5.92 Å². The molecule has 0 bridgehead atoms. The van der Waals surface area contributed by atoms with E-state index >= 15 is 0 Å². The van der Waals surface area contributed by atoms with Crippen molar-refractivity contribution in [1.82, 2.24) is 9.21 Å². The maximum atomic E-state index is 12.8. The van der Waals surface area contributed by atoms with Crippen LogP contribution < -0.4 is 9.47 Å². The molecule has 34 heavy (non-hydrogen) atoms. The van der Waals surface area contributed by atoms with Gasteiger partial charge in [0.1, 0.15) is 0 Å². The van der Waals surface area contributed by atoms with Crippen LogP contribution in [-0.4, -0.2) is 73.5 Å². The molecule has 9 heteroatoms. The molecule has 0 aliphatic carbocycles. The number of rotatable bonds is 14. The highest BCUT2D eigenvalue weighted by Crippen LogP contribution is 2.43. The van der Waals surface area contributed by atoms with Crippen LogP contribution in [0.25, 0.3) is 0 Å². The predicted octanol–water partition coefficient (Wildman–Crippen LogP) is 3.92. The molecule has 1 N–H and O–H groups in total. The molecule has 1 aromatic rings. The Balaban J connectivity index is 1.84. The normalized spacial score (nSPS) is 22.5. The molecule has 2 heterocycles. The second-order valence-electron chi connectivity index (χ2n) is 9.36. The van der Waals surface area contributed by atoms with Crippen LogP contribution in [0.3, 0.4) is 0 Å². The molecule has 3 rings (SSSR count). The van der Waals surface area contributed by atoms with Crippen molar-refractivity contribution in [3.63, 3.8) is 0 Å². The topological polar surface area (TPSA) is 96.4 Å². The lowest BCUT2D eigenvalue weighted by atomic mass is 9.83. The summed E-state index contributed by atoms with van der Waals surface area (Å²) in [6.45, 7) is 8.17. The van der Waals surface area contributed by atoms with Gasteiger partial charge >= 0.3 is 5.97 Å². The third-order valence-corrected chi connectivity index (χ3v) is 9.00. The van der Waals surface area contributed by atoms with Gasteiger partial charge in [-0.1, -0.05) is 46.1 Å². The Labute approximate surface area is 204 Å².